The van der Waals surface area contributed by atoms with Crippen molar-refractivity contribution < 1.29 is 4.79 Å². The molecule has 7 nitrogen and oxygen atoms in total. The number of carbonyl (C=O) groups excluding carboxylic acids is 1. The van der Waals surface area contributed by atoms with E-state index in [9.17, 15) is 4.79 Å². The third-order valence-electron chi connectivity index (χ3n) is 2.06. The van der Waals surface area contributed by atoms with Gasteiger partial charge in [0.05, 0.1) is 6.33 Å². The first-order valence-corrected chi connectivity index (χ1v) is 4.80. The van der Waals surface area contributed by atoms with Gasteiger partial charge in [-0.15, -0.1) is 0 Å². The van der Waals surface area contributed by atoms with Crippen LogP contribution in [0.5, 0.6) is 0 Å². The van der Waals surface area contributed by atoms with Crippen LogP contribution in [0.2, 0.25) is 0 Å². The third kappa shape index (κ3) is 2.38. The molecule has 1 amide bonds. The van der Waals surface area contributed by atoms with Crippen molar-refractivity contribution >= 4 is 11.7 Å². The number of anilines is 1. The van der Waals surface area contributed by atoms with Gasteiger partial charge < -0.3 is 15.6 Å². The SMILES string of the molecule is Nc1cc(C(=O)NCCn2ccnc2)[nH]n1. The molecule has 0 aliphatic carbocycles. The van der Waals surface area contributed by atoms with Crippen LogP contribution in [-0.2, 0) is 6.54 Å². The summed E-state index contributed by atoms with van der Waals surface area (Å²) in [7, 11) is 0. The molecule has 0 aliphatic heterocycles. The first kappa shape index (κ1) is 10.2. The molecule has 0 spiro atoms. The number of aromatic nitrogens is 4. The molecule has 0 aliphatic rings. The lowest BCUT2D eigenvalue weighted by Gasteiger charge is -2.03. The molecule has 2 aromatic rings. The summed E-state index contributed by atoms with van der Waals surface area (Å²) in [6.45, 7) is 1.20. The van der Waals surface area contributed by atoms with Crippen molar-refractivity contribution in [1.82, 2.24) is 25.1 Å². The molecule has 7 heteroatoms. The summed E-state index contributed by atoms with van der Waals surface area (Å²) in [6.07, 6.45) is 5.22. The van der Waals surface area contributed by atoms with E-state index in [4.69, 9.17) is 5.73 Å². The van der Waals surface area contributed by atoms with Crippen LogP contribution in [0.15, 0.2) is 24.8 Å². The number of H-pyrrole nitrogens is 1. The Labute approximate surface area is 91.7 Å². The third-order valence-corrected chi connectivity index (χ3v) is 2.06. The monoisotopic (exact) mass is 220 g/mol. The second kappa shape index (κ2) is 4.47. The molecule has 0 atom stereocenters. The minimum atomic E-state index is -0.218. The minimum absolute atomic E-state index is 0.218. The zero-order valence-electron chi connectivity index (χ0n) is 8.55. The second-order valence-corrected chi connectivity index (χ2v) is 3.26. The lowest BCUT2D eigenvalue weighted by Crippen LogP contribution is -2.27. The summed E-state index contributed by atoms with van der Waals surface area (Å²) in [5, 5.41) is 8.95. The van der Waals surface area contributed by atoms with Gasteiger partial charge in [0, 0.05) is 31.5 Å². The quantitative estimate of drug-likeness (QED) is 0.653. The Kier molecular flexibility index (Phi) is 2.86. The van der Waals surface area contributed by atoms with Crippen molar-refractivity contribution in [3.8, 4) is 0 Å². The molecule has 0 saturated heterocycles. The number of rotatable bonds is 4. The summed E-state index contributed by atoms with van der Waals surface area (Å²) in [4.78, 5) is 15.4. The molecule has 0 fully saturated rings. The Morgan fingerprint density at radius 1 is 1.62 bits per heavy atom. The fourth-order valence-corrected chi connectivity index (χ4v) is 1.27. The molecule has 0 saturated carbocycles. The van der Waals surface area contributed by atoms with E-state index in [-0.39, 0.29) is 5.91 Å². The Balaban J connectivity index is 1.80. The Morgan fingerprint density at radius 3 is 3.12 bits per heavy atom. The highest BCUT2D eigenvalue weighted by molar-refractivity contribution is 5.92. The van der Waals surface area contributed by atoms with Crippen molar-refractivity contribution in [2.75, 3.05) is 12.3 Å². The maximum Gasteiger partial charge on any atom is 0.269 e. The van der Waals surface area contributed by atoms with Gasteiger partial charge in [-0.1, -0.05) is 0 Å². The van der Waals surface area contributed by atoms with Crippen LogP contribution in [0.1, 0.15) is 10.5 Å². The molecular weight excluding hydrogens is 208 g/mol. The number of aromatic amines is 1. The molecule has 0 unspecified atom stereocenters. The van der Waals surface area contributed by atoms with Gasteiger partial charge >= 0.3 is 0 Å². The van der Waals surface area contributed by atoms with Crippen LogP contribution in [0, 0.1) is 0 Å². The summed E-state index contributed by atoms with van der Waals surface area (Å²) >= 11 is 0. The topological polar surface area (TPSA) is 102 Å². The van der Waals surface area contributed by atoms with Crippen molar-refractivity contribution in [2.45, 2.75) is 6.54 Å². The smallest absolute Gasteiger partial charge is 0.269 e. The van der Waals surface area contributed by atoms with Gasteiger partial charge in [-0.2, -0.15) is 5.10 Å². The second-order valence-electron chi connectivity index (χ2n) is 3.26. The first-order valence-electron chi connectivity index (χ1n) is 4.80. The van der Waals surface area contributed by atoms with Gasteiger partial charge in [-0.25, -0.2) is 4.98 Å². The number of nitrogens with two attached hydrogens (primary N) is 1. The predicted molar refractivity (Wildman–Crippen MR) is 57.6 cm³/mol. The number of imidazole rings is 1. The molecule has 84 valence electrons. The van der Waals surface area contributed by atoms with Crippen LogP contribution < -0.4 is 11.1 Å². The Hall–Kier alpha value is -2.31. The first-order chi connectivity index (χ1) is 7.75. The van der Waals surface area contributed by atoms with E-state index in [0.29, 0.717) is 24.6 Å². The molecule has 0 radical (unpaired) electrons. The van der Waals surface area contributed by atoms with Gasteiger partial charge in [-0.3, -0.25) is 9.89 Å². The summed E-state index contributed by atoms with van der Waals surface area (Å²) in [5.41, 5.74) is 5.75. The number of amides is 1. The highest BCUT2D eigenvalue weighted by Crippen LogP contribution is 1.99. The van der Waals surface area contributed by atoms with E-state index in [1.54, 1.807) is 12.5 Å². The normalized spacial score (nSPS) is 10.2. The average Bonchev–Trinajstić information content (AvgIpc) is 2.89. The predicted octanol–water partition coefficient (Wildman–Crippen LogP) is -0.382. The van der Waals surface area contributed by atoms with E-state index >= 15 is 0 Å². The number of hydrogen-bond acceptors (Lipinski definition) is 4. The molecule has 0 bridgehead atoms. The van der Waals surface area contributed by atoms with Gasteiger partial charge in [0.25, 0.3) is 5.91 Å². The van der Waals surface area contributed by atoms with Crippen molar-refractivity contribution in [2.24, 2.45) is 0 Å². The standard InChI is InChI=1S/C9H12N6O/c10-8-5-7(13-14-8)9(16)12-2-4-15-3-1-11-6-15/h1,3,5-6H,2,4H2,(H,12,16)(H3,10,13,14). The number of nitrogens with zero attached hydrogens (tertiary/aromatic N) is 3. The van der Waals surface area contributed by atoms with E-state index in [0.717, 1.165) is 0 Å². The molecular formula is C9H12N6O. The van der Waals surface area contributed by atoms with E-state index in [2.05, 4.69) is 20.5 Å². The fraction of sp³-hybridized carbons (Fsp3) is 0.222. The van der Waals surface area contributed by atoms with Crippen molar-refractivity contribution in [3.05, 3.63) is 30.5 Å². The number of hydrogen-bond donors (Lipinski definition) is 3. The lowest BCUT2D eigenvalue weighted by molar-refractivity contribution is 0.0947. The van der Waals surface area contributed by atoms with Gasteiger partial charge in [0.15, 0.2) is 0 Å². The van der Waals surface area contributed by atoms with Gasteiger partial charge in [0.1, 0.15) is 11.5 Å². The van der Waals surface area contributed by atoms with Crippen LogP contribution in [0.3, 0.4) is 0 Å². The van der Waals surface area contributed by atoms with Crippen LogP contribution in [-0.4, -0.2) is 32.2 Å². The minimum Gasteiger partial charge on any atom is -0.382 e. The maximum atomic E-state index is 11.5. The average molecular weight is 220 g/mol. The Morgan fingerprint density at radius 2 is 2.50 bits per heavy atom. The van der Waals surface area contributed by atoms with E-state index in [1.807, 2.05) is 10.8 Å². The summed E-state index contributed by atoms with van der Waals surface area (Å²) < 4.78 is 1.88. The summed E-state index contributed by atoms with van der Waals surface area (Å²) in [6, 6.07) is 1.49. The van der Waals surface area contributed by atoms with Crippen molar-refractivity contribution in [3.63, 3.8) is 0 Å². The molecule has 0 aromatic carbocycles. The largest absolute Gasteiger partial charge is 0.382 e. The number of nitrogens with one attached hydrogen (secondary N) is 2. The highest BCUT2D eigenvalue weighted by atomic mass is 16.1. The number of carbonyl (C=O) groups is 1. The molecule has 4 N–H and O–H groups in total. The fourth-order valence-electron chi connectivity index (χ4n) is 1.27. The zero-order valence-corrected chi connectivity index (χ0v) is 8.55. The molecule has 16 heavy (non-hydrogen) atoms. The van der Waals surface area contributed by atoms with Gasteiger partial charge in [-0.05, 0) is 0 Å². The molecule has 2 rings (SSSR count). The summed E-state index contributed by atoms with van der Waals surface area (Å²) in [5.74, 6) is 0.0871. The highest BCUT2D eigenvalue weighted by Gasteiger charge is 2.07. The van der Waals surface area contributed by atoms with Gasteiger partial charge in [0.2, 0.25) is 0 Å². The molecule has 2 aromatic heterocycles. The van der Waals surface area contributed by atoms with E-state index in [1.165, 1.54) is 6.07 Å². The van der Waals surface area contributed by atoms with Crippen LogP contribution in [0.4, 0.5) is 5.82 Å². The van der Waals surface area contributed by atoms with Crippen LogP contribution >= 0.6 is 0 Å². The van der Waals surface area contributed by atoms with Crippen LogP contribution in [0.25, 0.3) is 0 Å². The molecule has 2 heterocycles. The van der Waals surface area contributed by atoms with Crippen molar-refractivity contribution in [1.29, 1.82) is 0 Å². The van der Waals surface area contributed by atoms with E-state index < -0.39 is 0 Å². The maximum absolute atomic E-state index is 11.5. The lowest BCUT2D eigenvalue weighted by atomic mass is 10.4. The number of nitrogen functional groups attached to an aromatic ring is 1. The Bertz CT molecular complexity index is 460. The zero-order chi connectivity index (χ0) is 11.4.